The van der Waals surface area contributed by atoms with Crippen LogP contribution >= 0.6 is 17.0 Å². The third-order valence-corrected chi connectivity index (χ3v) is 60.1. The van der Waals surface area contributed by atoms with Gasteiger partial charge in [0.25, 0.3) is 0 Å². The Bertz CT molecular complexity index is 753. The molecule has 0 amide bonds. The molecule has 0 fully saturated rings. The predicted octanol–water partition coefficient (Wildman–Crippen LogP) is 10.7. The molecule has 2 atom stereocenters. The van der Waals surface area contributed by atoms with Gasteiger partial charge in [0, 0.05) is 0 Å². The van der Waals surface area contributed by atoms with Crippen molar-refractivity contribution < 1.29 is 15.6 Å². The summed E-state index contributed by atoms with van der Waals surface area (Å²) in [5.41, 5.74) is 6.24. The van der Waals surface area contributed by atoms with Crippen LogP contribution in [0, 0.1) is 10.8 Å². The van der Waals surface area contributed by atoms with Gasteiger partial charge in [-0.3, -0.25) is 0 Å². The van der Waals surface area contributed by atoms with Gasteiger partial charge in [-0.05, 0) is 0 Å². The van der Waals surface area contributed by atoms with Gasteiger partial charge in [-0.1, -0.05) is 0 Å². The molecule has 0 radical (unpaired) electrons. The van der Waals surface area contributed by atoms with E-state index in [9.17, 15) is 0 Å². The Morgan fingerprint density at radius 1 is 0.750 bits per heavy atom. The van der Waals surface area contributed by atoms with Crippen LogP contribution in [0.1, 0.15) is 93.9 Å². The molecule has 32 heavy (non-hydrogen) atoms. The van der Waals surface area contributed by atoms with E-state index in [1.165, 1.54) is 36.8 Å². The summed E-state index contributed by atoms with van der Waals surface area (Å²) in [7, 11) is 16.4. The van der Waals surface area contributed by atoms with Gasteiger partial charge in [0.05, 0.1) is 0 Å². The van der Waals surface area contributed by atoms with E-state index < -0.39 is 21.5 Å². The summed E-state index contributed by atoms with van der Waals surface area (Å²) in [6, 6.07) is 0. The number of unbranched alkanes of at least 4 members (excludes halogenated alkanes) is 2. The van der Waals surface area contributed by atoms with Crippen molar-refractivity contribution in [3.05, 3.63) is 46.6 Å². The Morgan fingerprint density at radius 3 is 1.34 bits per heavy atom. The fourth-order valence-electron chi connectivity index (χ4n) is 5.34. The Labute approximate surface area is 208 Å². The molecule has 2 unspecified atom stereocenters. The van der Waals surface area contributed by atoms with E-state index in [-0.39, 0.29) is 18.1 Å². The summed E-state index contributed by atoms with van der Waals surface area (Å²) >= 11 is -4.32. The summed E-state index contributed by atoms with van der Waals surface area (Å²) in [5, 5.41) is 0. The monoisotopic (exact) mass is 573 g/mol. The molecule has 2 rings (SSSR count). The molecule has 4 heteroatoms. The fourth-order valence-corrected chi connectivity index (χ4v) is 33.8. The minimum absolute atomic E-state index is 0.130. The Kier molecular flexibility index (Phi) is 9.32. The Morgan fingerprint density at radius 2 is 1.09 bits per heavy atom. The standard InChI is InChI=1S/2C13H21.C2H7Si.2ClH.Zr/c2*1-5-6-7-11-8-9-12(10-11)13(2,3)4;1-3-2;;;/h2*8-10H,5-7H2,1-4H3;3H,1-2H3;2*1H;/q;;;;;+2/p-2. The molecule has 0 spiro atoms. The van der Waals surface area contributed by atoms with Crippen LogP contribution in [-0.4, -0.2) is 5.92 Å². The number of hydrogen-bond acceptors (Lipinski definition) is 0. The molecule has 0 heterocycles. The van der Waals surface area contributed by atoms with Crippen LogP contribution in [0.5, 0.6) is 0 Å². The first-order chi connectivity index (χ1) is 14.6. The van der Waals surface area contributed by atoms with Crippen LogP contribution in [0.4, 0.5) is 0 Å². The fraction of sp³-hybridized carbons (Fsp3) is 0.714. The van der Waals surface area contributed by atoms with Gasteiger partial charge in [0.1, 0.15) is 0 Å². The molecule has 183 valence electrons. The molecular weight excluding hydrogens is 527 g/mol. The maximum absolute atomic E-state index is 8.19. The molecule has 0 N–H and O–H groups in total. The third-order valence-electron chi connectivity index (χ3n) is 7.83. The quantitative estimate of drug-likeness (QED) is 0.240. The van der Waals surface area contributed by atoms with E-state index in [4.69, 9.17) is 17.0 Å². The van der Waals surface area contributed by atoms with Gasteiger partial charge in [-0.25, -0.2) is 0 Å². The molecule has 0 saturated heterocycles. The van der Waals surface area contributed by atoms with Crippen molar-refractivity contribution in [2.24, 2.45) is 10.8 Å². The molecule has 0 bridgehead atoms. The number of halogens is 2. The first-order valence-electron chi connectivity index (χ1n) is 13.0. The van der Waals surface area contributed by atoms with Crippen LogP contribution in [-0.2, 0) is 15.6 Å². The second kappa shape index (κ2) is 10.3. The summed E-state index contributed by atoms with van der Waals surface area (Å²) in [4.78, 5) is 0. The van der Waals surface area contributed by atoms with Gasteiger partial charge in [0.15, 0.2) is 0 Å². The van der Waals surface area contributed by atoms with Crippen LogP contribution < -0.4 is 0 Å². The van der Waals surface area contributed by atoms with Crippen molar-refractivity contribution >= 4 is 22.9 Å². The van der Waals surface area contributed by atoms with Crippen LogP contribution in [0.3, 0.4) is 0 Å². The molecule has 0 saturated carbocycles. The summed E-state index contributed by atoms with van der Waals surface area (Å²) in [6.45, 7) is 23.4. The Balaban J connectivity index is 2.70. The van der Waals surface area contributed by atoms with E-state index in [1.807, 2.05) is 0 Å². The van der Waals surface area contributed by atoms with Gasteiger partial charge in [0.2, 0.25) is 0 Å². The first kappa shape index (κ1) is 28.9. The molecule has 0 aliphatic heterocycles. The molecule has 0 aromatic rings. The zero-order valence-corrected chi connectivity index (χ0v) is 27.7. The van der Waals surface area contributed by atoms with Crippen molar-refractivity contribution in [1.29, 1.82) is 0 Å². The van der Waals surface area contributed by atoms with Crippen LogP contribution in [0.15, 0.2) is 46.6 Å². The second-order valence-corrected chi connectivity index (χ2v) is 55.5. The van der Waals surface area contributed by atoms with Gasteiger partial charge in [-0.2, -0.15) is 0 Å². The van der Waals surface area contributed by atoms with Crippen molar-refractivity contribution in [2.75, 3.05) is 0 Å². The topological polar surface area (TPSA) is 0 Å². The summed E-state index contributed by atoms with van der Waals surface area (Å²) in [6.07, 6.45) is 17.2. The SMILES string of the molecule is CCCCC1=CC(C(C)(C)C)=C[CH]1[Zr]([Cl])([Cl])([CH]1C=C(C(C)(C)C)C=C1CCCC)[SiH](C)C. The number of hydrogen-bond donors (Lipinski definition) is 0. The third kappa shape index (κ3) is 5.71. The molecule has 0 aromatic heterocycles. The van der Waals surface area contributed by atoms with Crippen LogP contribution in [0.25, 0.3) is 0 Å². The molecule has 2 aliphatic rings. The van der Waals surface area contributed by atoms with E-state index in [2.05, 4.69) is 92.8 Å². The summed E-state index contributed by atoms with van der Waals surface area (Å²) in [5.74, 6) is -1.36. The number of allylic oxidation sites excluding steroid dienone is 8. The average molecular weight is 576 g/mol. The first-order valence-corrected chi connectivity index (χ1v) is 29.3. The molecular formula is C28H49Cl2SiZr. The Hall–Kier alpha value is 0.640. The predicted molar refractivity (Wildman–Crippen MR) is 148 cm³/mol. The van der Waals surface area contributed by atoms with Crippen molar-refractivity contribution in [3.8, 4) is 0 Å². The molecule has 2 aliphatic carbocycles. The van der Waals surface area contributed by atoms with Gasteiger partial charge in [-0.15, -0.1) is 0 Å². The van der Waals surface area contributed by atoms with Gasteiger partial charge < -0.3 is 0 Å². The van der Waals surface area contributed by atoms with Gasteiger partial charge >= 0.3 is 210 Å². The van der Waals surface area contributed by atoms with Crippen molar-refractivity contribution in [1.82, 2.24) is 0 Å². The average Bonchev–Trinajstić information content (AvgIpc) is 3.29. The van der Waals surface area contributed by atoms with Crippen molar-refractivity contribution in [2.45, 2.75) is 114 Å². The van der Waals surface area contributed by atoms with E-state index in [0.29, 0.717) is 0 Å². The molecule has 0 nitrogen and oxygen atoms in total. The summed E-state index contributed by atoms with van der Waals surface area (Å²) < 4.78 is 0.579. The zero-order valence-electron chi connectivity index (χ0n) is 22.5. The van der Waals surface area contributed by atoms with E-state index >= 15 is 0 Å². The number of rotatable bonds is 9. The van der Waals surface area contributed by atoms with E-state index in [0.717, 1.165) is 12.8 Å². The second-order valence-electron chi connectivity index (χ2n) is 12.7. The zero-order chi connectivity index (χ0) is 24.6. The minimum atomic E-state index is -4.32. The van der Waals surface area contributed by atoms with E-state index in [1.54, 1.807) is 11.1 Å². The van der Waals surface area contributed by atoms with Crippen LogP contribution in [0.2, 0.25) is 20.3 Å². The van der Waals surface area contributed by atoms with Crippen molar-refractivity contribution in [3.63, 3.8) is 0 Å². The normalized spacial score (nSPS) is 23.6. The molecule has 0 aromatic carbocycles. The maximum atomic E-state index is 8.19.